The summed E-state index contributed by atoms with van der Waals surface area (Å²) >= 11 is 5.88. The van der Waals surface area contributed by atoms with E-state index in [0.717, 1.165) is 42.3 Å². The Bertz CT molecular complexity index is 1020. The number of para-hydroxylation sites is 1. The second-order valence-corrected chi connectivity index (χ2v) is 6.65. The van der Waals surface area contributed by atoms with Crippen molar-refractivity contribution in [2.24, 2.45) is 0 Å². The Labute approximate surface area is 149 Å². The van der Waals surface area contributed by atoms with Gasteiger partial charge in [0.25, 0.3) is 11.6 Å². The first kappa shape index (κ1) is 15.8. The molecule has 0 fully saturated rings. The molecule has 1 aliphatic rings. The maximum atomic E-state index is 13.2. The van der Waals surface area contributed by atoms with Gasteiger partial charge in [0.1, 0.15) is 5.56 Å². The number of nitro groups is 1. The fourth-order valence-electron chi connectivity index (χ4n) is 3.68. The molecule has 0 atom stereocenters. The van der Waals surface area contributed by atoms with Gasteiger partial charge in [-0.2, -0.15) is 0 Å². The van der Waals surface area contributed by atoms with Crippen molar-refractivity contribution in [1.82, 2.24) is 4.57 Å². The number of aryl methyl sites for hydroxylation is 1. The molecular formula is C19H15ClN2O3. The van der Waals surface area contributed by atoms with Crippen molar-refractivity contribution in [1.29, 1.82) is 0 Å². The molecule has 0 bridgehead atoms. The molecule has 0 radical (unpaired) electrons. The summed E-state index contributed by atoms with van der Waals surface area (Å²) in [5, 5.41) is 12.7. The van der Waals surface area contributed by atoms with Crippen LogP contribution in [0.2, 0.25) is 5.02 Å². The van der Waals surface area contributed by atoms with Crippen LogP contribution in [0, 0.1) is 10.1 Å². The summed E-state index contributed by atoms with van der Waals surface area (Å²) in [6.07, 6.45) is 3.84. The van der Waals surface area contributed by atoms with Crippen LogP contribution in [-0.2, 0) is 12.8 Å². The van der Waals surface area contributed by atoms with Crippen molar-refractivity contribution in [3.05, 3.63) is 74.4 Å². The molecule has 1 aromatic heterocycles. The van der Waals surface area contributed by atoms with Crippen molar-refractivity contribution in [3.8, 4) is 0 Å². The Kier molecular flexibility index (Phi) is 3.81. The van der Waals surface area contributed by atoms with Gasteiger partial charge in [0.2, 0.25) is 0 Å². The summed E-state index contributed by atoms with van der Waals surface area (Å²) in [6.45, 7) is 0. The Morgan fingerprint density at radius 1 is 1.12 bits per heavy atom. The normalized spacial score (nSPS) is 13.6. The molecule has 0 unspecified atom stereocenters. The van der Waals surface area contributed by atoms with E-state index >= 15 is 0 Å². The van der Waals surface area contributed by atoms with Gasteiger partial charge < -0.3 is 0 Å². The van der Waals surface area contributed by atoms with E-state index in [1.807, 2.05) is 24.3 Å². The highest BCUT2D eigenvalue weighted by molar-refractivity contribution is 6.31. The van der Waals surface area contributed by atoms with Gasteiger partial charge in [-0.1, -0.05) is 29.8 Å². The van der Waals surface area contributed by atoms with Crippen LogP contribution < -0.4 is 0 Å². The summed E-state index contributed by atoms with van der Waals surface area (Å²) < 4.78 is 1.65. The number of fused-ring (bicyclic) bond motifs is 3. The number of halogens is 1. The lowest BCUT2D eigenvalue weighted by atomic mass is 9.95. The van der Waals surface area contributed by atoms with Gasteiger partial charge in [-0.25, -0.2) is 0 Å². The first-order valence-electron chi connectivity index (χ1n) is 8.18. The van der Waals surface area contributed by atoms with Gasteiger partial charge >= 0.3 is 0 Å². The van der Waals surface area contributed by atoms with E-state index in [4.69, 9.17) is 11.6 Å². The summed E-state index contributed by atoms with van der Waals surface area (Å²) in [4.78, 5) is 24.1. The number of nitrogens with zero attached hydrogens (tertiary/aromatic N) is 2. The largest absolute Gasteiger partial charge is 0.283 e. The summed E-state index contributed by atoms with van der Waals surface area (Å²) in [5.41, 5.74) is 2.76. The second-order valence-electron chi connectivity index (χ2n) is 6.21. The molecule has 126 valence electrons. The lowest BCUT2D eigenvalue weighted by molar-refractivity contribution is -0.385. The van der Waals surface area contributed by atoms with E-state index in [1.165, 1.54) is 23.8 Å². The molecule has 0 amide bonds. The average Bonchev–Trinajstić information content (AvgIpc) is 2.95. The number of carbonyl (C=O) groups is 1. The molecule has 0 saturated heterocycles. The molecule has 3 aromatic rings. The van der Waals surface area contributed by atoms with Crippen LogP contribution in [0.3, 0.4) is 0 Å². The number of benzene rings is 2. The predicted molar refractivity (Wildman–Crippen MR) is 96.4 cm³/mol. The Morgan fingerprint density at radius 3 is 2.68 bits per heavy atom. The summed E-state index contributed by atoms with van der Waals surface area (Å²) in [7, 11) is 0. The van der Waals surface area contributed by atoms with Crippen molar-refractivity contribution < 1.29 is 9.72 Å². The van der Waals surface area contributed by atoms with E-state index in [9.17, 15) is 14.9 Å². The zero-order chi connectivity index (χ0) is 17.6. The van der Waals surface area contributed by atoms with Gasteiger partial charge in [-0.3, -0.25) is 19.5 Å². The van der Waals surface area contributed by atoms with Crippen molar-refractivity contribution >= 4 is 34.1 Å². The molecule has 5 nitrogen and oxygen atoms in total. The topological polar surface area (TPSA) is 65.1 Å². The minimum absolute atomic E-state index is 0.0588. The quantitative estimate of drug-likeness (QED) is 0.491. The molecule has 0 aliphatic heterocycles. The number of carbonyl (C=O) groups excluding carboxylic acids is 1. The maximum absolute atomic E-state index is 13.2. The Hall–Kier alpha value is -2.66. The second kappa shape index (κ2) is 6.01. The third-order valence-corrected chi connectivity index (χ3v) is 5.00. The van der Waals surface area contributed by atoms with E-state index in [2.05, 4.69) is 0 Å². The fraction of sp³-hybridized carbons (Fsp3) is 0.211. The van der Waals surface area contributed by atoms with Crippen LogP contribution in [0.15, 0.2) is 42.5 Å². The van der Waals surface area contributed by atoms with E-state index < -0.39 is 4.92 Å². The van der Waals surface area contributed by atoms with E-state index in [0.29, 0.717) is 0 Å². The first-order chi connectivity index (χ1) is 12.1. The molecule has 25 heavy (non-hydrogen) atoms. The fourth-order valence-corrected chi connectivity index (χ4v) is 3.85. The number of rotatable bonds is 2. The molecule has 2 aromatic carbocycles. The highest BCUT2D eigenvalue weighted by atomic mass is 35.5. The Morgan fingerprint density at radius 2 is 1.88 bits per heavy atom. The lowest BCUT2D eigenvalue weighted by Crippen LogP contribution is -2.18. The van der Waals surface area contributed by atoms with Crippen LogP contribution in [-0.4, -0.2) is 15.4 Å². The van der Waals surface area contributed by atoms with Gasteiger partial charge in [-0.15, -0.1) is 0 Å². The SMILES string of the molecule is O=C(c1ccc(Cl)cc1[N+](=O)[O-])n1c2c(c3ccccc31)CCCC2. The van der Waals surface area contributed by atoms with Gasteiger partial charge in [0.05, 0.1) is 10.4 Å². The van der Waals surface area contributed by atoms with Crippen LogP contribution in [0.25, 0.3) is 10.9 Å². The number of nitro benzene ring substituents is 1. The average molecular weight is 355 g/mol. The first-order valence-corrected chi connectivity index (χ1v) is 8.55. The summed E-state index contributed by atoms with van der Waals surface area (Å²) in [5.74, 6) is -0.372. The van der Waals surface area contributed by atoms with Crippen molar-refractivity contribution in [3.63, 3.8) is 0 Å². The summed E-state index contributed by atoms with van der Waals surface area (Å²) in [6, 6.07) is 11.9. The number of aromatic nitrogens is 1. The molecule has 4 rings (SSSR count). The molecule has 0 spiro atoms. The van der Waals surface area contributed by atoms with Crippen LogP contribution >= 0.6 is 11.6 Å². The smallest absolute Gasteiger partial charge is 0.280 e. The predicted octanol–water partition coefficient (Wildman–Crippen LogP) is 4.77. The lowest BCUT2D eigenvalue weighted by Gasteiger charge is -2.15. The minimum Gasteiger partial charge on any atom is -0.280 e. The van der Waals surface area contributed by atoms with Gasteiger partial charge in [0, 0.05) is 22.2 Å². The highest BCUT2D eigenvalue weighted by Gasteiger charge is 2.28. The van der Waals surface area contributed by atoms with Crippen LogP contribution in [0.4, 0.5) is 5.69 Å². The van der Waals surface area contributed by atoms with E-state index in [1.54, 1.807) is 4.57 Å². The zero-order valence-corrected chi connectivity index (χ0v) is 14.1. The van der Waals surface area contributed by atoms with Gasteiger partial charge in [0.15, 0.2) is 0 Å². The van der Waals surface area contributed by atoms with Crippen molar-refractivity contribution in [2.45, 2.75) is 25.7 Å². The maximum Gasteiger partial charge on any atom is 0.283 e. The molecule has 1 aliphatic carbocycles. The molecular weight excluding hydrogens is 340 g/mol. The molecule has 0 N–H and O–H groups in total. The van der Waals surface area contributed by atoms with Gasteiger partial charge in [-0.05, 0) is 49.4 Å². The Balaban J connectivity index is 1.97. The standard InChI is InChI=1S/C19H15ClN2O3/c20-12-9-10-15(18(11-12)22(24)25)19(23)21-16-7-3-1-5-13(16)14-6-2-4-8-17(14)21/h1,3,5,7,9-11H,2,4,6,8H2. The molecule has 0 saturated carbocycles. The third kappa shape index (κ3) is 2.51. The zero-order valence-electron chi connectivity index (χ0n) is 13.4. The monoisotopic (exact) mass is 354 g/mol. The van der Waals surface area contributed by atoms with Crippen molar-refractivity contribution in [2.75, 3.05) is 0 Å². The molecule has 6 heteroatoms. The molecule has 1 heterocycles. The van der Waals surface area contributed by atoms with Crippen LogP contribution in [0.5, 0.6) is 0 Å². The number of hydrogen-bond donors (Lipinski definition) is 0. The van der Waals surface area contributed by atoms with E-state index in [-0.39, 0.29) is 22.2 Å². The highest BCUT2D eigenvalue weighted by Crippen LogP contribution is 2.34. The third-order valence-electron chi connectivity index (χ3n) is 4.77. The van der Waals surface area contributed by atoms with Crippen LogP contribution in [0.1, 0.15) is 34.5 Å². The number of hydrogen-bond acceptors (Lipinski definition) is 3. The minimum atomic E-state index is -0.558.